The van der Waals surface area contributed by atoms with Crippen LogP contribution in [0, 0.1) is 18.6 Å². The zero-order chi connectivity index (χ0) is 18.0. The molecular weight excluding hydrogens is 334 g/mol. The van der Waals surface area contributed by atoms with Crippen molar-refractivity contribution in [3.8, 4) is 17.1 Å². The molecule has 0 aliphatic carbocycles. The number of rotatable bonds is 5. The molecule has 3 rings (SSSR count). The second-order valence-corrected chi connectivity index (χ2v) is 5.17. The highest BCUT2D eigenvalue weighted by molar-refractivity contribution is 5.87. The normalized spacial score (nSPS) is 10.7. The fraction of sp³-hybridized carbons (Fsp3) is 0.118. The number of hydrogen-bond acceptors (Lipinski definition) is 5. The molecule has 0 unspecified atom stereocenters. The summed E-state index contributed by atoms with van der Waals surface area (Å²) in [6.07, 6.45) is 1.17. The SMILES string of the molecule is Cc1onc(-c2ccc(F)cc2F)c1COc1ccc(C(=O)O)cn1. The van der Waals surface area contributed by atoms with Gasteiger partial charge in [-0.3, -0.25) is 0 Å². The summed E-state index contributed by atoms with van der Waals surface area (Å²) in [5.74, 6) is -1.94. The van der Waals surface area contributed by atoms with Crippen molar-refractivity contribution >= 4 is 5.97 Å². The molecule has 25 heavy (non-hydrogen) atoms. The Balaban J connectivity index is 1.83. The molecule has 0 aliphatic rings. The summed E-state index contributed by atoms with van der Waals surface area (Å²) >= 11 is 0. The molecule has 0 saturated heterocycles. The van der Waals surface area contributed by atoms with E-state index in [1.54, 1.807) is 6.92 Å². The lowest BCUT2D eigenvalue weighted by Crippen LogP contribution is -2.02. The smallest absolute Gasteiger partial charge is 0.337 e. The topological polar surface area (TPSA) is 85.5 Å². The van der Waals surface area contributed by atoms with E-state index in [2.05, 4.69) is 10.1 Å². The maximum Gasteiger partial charge on any atom is 0.337 e. The van der Waals surface area contributed by atoms with Gasteiger partial charge < -0.3 is 14.4 Å². The molecule has 0 atom stereocenters. The number of aromatic carboxylic acids is 1. The van der Waals surface area contributed by atoms with E-state index < -0.39 is 17.6 Å². The van der Waals surface area contributed by atoms with Crippen molar-refractivity contribution in [3.63, 3.8) is 0 Å². The molecule has 8 heteroatoms. The minimum absolute atomic E-state index is 0.0269. The van der Waals surface area contributed by atoms with Gasteiger partial charge >= 0.3 is 5.97 Å². The summed E-state index contributed by atoms with van der Waals surface area (Å²) in [4.78, 5) is 14.7. The molecule has 1 N–H and O–H groups in total. The highest BCUT2D eigenvalue weighted by atomic mass is 19.1. The Morgan fingerprint density at radius 2 is 2.08 bits per heavy atom. The standard InChI is InChI=1S/C17H12F2N2O4/c1-9-13(8-24-15-5-2-10(7-20-15)17(22)23)16(21-25-9)12-4-3-11(18)6-14(12)19/h2-7H,8H2,1H3,(H,22,23). The third-order valence-electron chi connectivity index (χ3n) is 3.52. The number of pyridine rings is 1. The van der Waals surface area contributed by atoms with Gasteiger partial charge in [-0.1, -0.05) is 5.16 Å². The van der Waals surface area contributed by atoms with Gasteiger partial charge in [-0.25, -0.2) is 18.6 Å². The Bertz CT molecular complexity index is 923. The van der Waals surface area contributed by atoms with Crippen LogP contribution in [0.15, 0.2) is 41.1 Å². The summed E-state index contributed by atoms with van der Waals surface area (Å²) in [6, 6.07) is 5.91. The molecular formula is C17H12F2N2O4. The Morgan fingerprint density at radius 1 is 1.28 bits per heavy atom. The van der Waals surface area contributed by atoms with Crippen LogP contribution in [0.2, 0.25) is 0 Å². The lowest BCUT2D eigenvalue weighted by Gasteiger charge is -2.07. The maximum absolute atomic E-state index is 14.0. The number of ether oxygens (including phenoxy) is 1. The predicted molar refractivity (Wildman–Crippen MR) is 82.1 cm³/mol. The molecule has 0 radical (unpaired) electrons. The summed E-state index contributed by atoms with van der Waals surface area (Å²) in [7, 11) is 0. The van der Waals surface area contributed by atoms with Gasteiger partial charge in [0.2, 0.25) is 5.88 Å². The van der Waals surface area contributed by atoms with Gasteiger partial charge in [0.05, 0.1) is 11.1 Å². The molecule has 6 nitrogen and oxygen atoms in total. The fourth-order valence-corrected chi connectivity index (χ4v) is 2.19. The van der Waals surface area contributed by atoms with Gasteiger partial charge in [-0.05, 0) is 25.1 Å². The van der Waals surface area contributed by atoms with Gasteiger partial charge in [-0.15, -0.1) is 0 Å². The van der Waals surface area contributed by atoms with Crippen molar-refractivity contribution in [1.29, 1.82) is 0 Å². The number of aryl methyl sites for hydroxylation is 1. The molecule has 0 saturated carbocycles. The van der Waals surface area contributed by atoms with E-state index in [1.165, 1.54) is 24.4 Å². The molecule has 0 fully saturated rings. The summed E-state index contributed by atoms with van der Waals surface area (Å²) in [5.41, 5.74) is 0.806. The lowest BCUT2D eigenvalue weighted by molar-refractivity contribution is 0.0696. The van der Waals surface area contributed by atoms with E-state index in [0.717, 1.165) is 12.1 Å². The van der Waals surface area contributed by atoms with Gasteiger partial charge in [0.1, 0.15) is 29.7 Å². The minimum atomic E-state index is -1.09. The van der Waals surface area contributed by atoms with Crippen LogP contribution < -0.4 is 4.74 Å². The third kappa shape index (κ3) is 3.47. The van der Waals surface area contributed by atoms with Crippen molar-refractivity contribution in [2.45, 2.75) is 13.5 Å². The first-order valence-corrected chi connectivity index (χ1v) is 7.18. The van der Waals surface area contributed by atoms with E-state index in [-0.39, 0.29) is 29.3 Å². The van der Waals surface area contributed by atoms with Crippen LogP contribution >= 0.6 is 0 Å². The zero-order valence-electron chi connectivity index (χ0n) is 13.0. The summed E-state index contributed by atoms with van der Waals surface area (Å²) in [5, 5.41) is 12.6. The number of benzene rings is 1. The number of carboxylic acids is 1. The largest absolute Gasteiger partial charge is 0.478 e. The molecule has 1 aromatic carbocycles. The number of halogens is 2. The number of nitrogens with zero attached hydrogens (tertiary/aromatic N) is 2. The van der Waals surface area contributed by atoms with Crippen LogP contribution in [-0.2, 0) is 6.61 Å². The monoisotopic (exact) mass is 346 g/mol. The number of carboxylic acid groups (broad SMARTS) is 1. The Labute approximate surface area is 140 Å². The number of hydrogen-bond donors (Lipinski definition) is 1. The maximum atomic E-state index is 14.0. The van der Waals surface area contributed by atoms with Crippen LogP contribution in [0.25, 0.3) is 11.3 Å². The highest BCUT2D eigenvalue weighted by Crippen LogP contribution is 2.28. The molecule has 0 bridgehead atoms. The molecule has 3 aromatic rings. The Morgan fingerprint density at radius 3 is 2.72 bits per heavy atom. The van der Waals surface area contributed by atoms with E-state index in [9.17, 15) is 13.6 Å². The molecule has 0 aliphatic heterocycles. The van der Waals surface area contributed by atoms with Crippen LogP contribution in [0.5, 0.6) is 5.88 Å². The number of aromatic nitrogens is 2. The third-order valence-corrected chi connectivity index (χ3v) is 3.52. The van der Waals surface area contributed by atoms with Crippen LogP contribution in [0.4, 0.5) is 8.78 Å². The first-order chi connectivity index (χ1) is 12.0. The van der Waals surface area contributed by atoms with Crippen molar-refractivity contribution in [2.75, 3.05) is 0 Å². The lowest BCUT2D eigenvalue weighted by atomic mass is 10.1. The average Bonchev–Trinajstić information content (AvgIpc) is 2.94. The quantitative estimate of drug-likeness (QED) is 0.760. The van der Waals surface area contributed by atoms with Gasteiger partial charge in [0.15, 0.2) is 0 Å². The zero-order valence-corrected chi connectivity index (χ0v) is 13.0. The average molecular weight is 346 g/mol. The van der Waals surface area contributed by atoms with Crippen molar-refractivity contribution < 1.29 is 27.9 Å². The minimum Gasteiger partial charge on any atom is -0.478 e. The van der Waals surface area contributed by atoms with E-state index in [0.29, 0.717) is 11.3 Å². The van der Waals surface area contributed by atoms with E-state index in [1.807, 2.05) is 0 Å². The van der Waals surface area contributed by atoms with Crippen molar-refractivity contribution in [2.24, 2.45) is 0 Å². The van der Waals surface area contributed by atoms with Crippen LogP contribution in [0.1, 0.15) is 21.7 Å². The van der Waals surface area contributed by atoms with Crippen molar-refractivity contribution in [1.82, 2.24) is 10.1 Å². The fourth-order valence-electron chi connectivity index (χ4n) is 2.19. The Kier molecular flexibility index (Phi) is 4.42. The predicted octanol–water partition coefficient (Wildman–Crippen LogP) is 3.60. The summed E-state index contributed by atoms with van der Waals surface area (Å²) < 4.78 is 37.6. The number of carbonyl (C=O) groups is 1. The molecule has 128 valence electrons. The first kappa shape index (κ1) is 16.6. The Hall–Kier alpha value is -3.29. The summed E-state index contributed by atoms with van der Waals surface area (Å²) in [6.45, 7) is 1.61. The van der Waals surface area contributed by atoms with E-state index >= 15 is 0 Å². The van der Waals surface area contributed by atoms with Gasteiger partial charge in [0, 0.05) is 23.9 Å². The molecule has 2 aromatic heterocycles. The second kappa shape index (κ2) is 6.68. The van der Waals surface area contributed by atoms with E-state index in [4.69, 9.17) is 14.4 Å². The van der Waals surface area contributed by atoms with Crippen LogP contribution in [0.3, 0.4) is 0 Å². The molecule has 0 amide bonds. The molecule has 2 heterocycles. The highest BCUT2D eigenvalue weighted by Gasteiger charge is 2.19. The molecule has 0 spiro atoms. The van der Waals surface area contributed by atoms with Crippen molar-refractivity contribution in [3.05, 3.63) is 65.1 Å². The van der Waals surface area contributed by atoms with Gasteiger partial charge in [0.25, 0.3) is 0 Å². The first-order valence-electron chi connectivity index (χ1n) is 7.18. The van der Waals surface area contributed by atoms with Crippen LogP contribution in [-0.4, -0.2) is 21.2 Å². The van der Waals surface area contributed by atoms with Gasteiger partial charge in [-0.2, -0.15) is 0 Å². The second-order valence-electron chi connectivity index (χ2n) is 5.17.